The molecule has 0 atom stereocenters. The highest BCUT2D eigenvalue weighted by molar-refractivity contribution is 5.99. The highest BCUT2D eigenvalue weighted by Gasteiger charge is 2.35. The Bertz CT molecular complexity index is 930. The standard InChI is InChI=1S/C24H28N/c1-5-25(6-2)15-21-14-20-12-9-18(4)13-22(20)24(23(21)16-25)19-10-7-17(3)8-11-19/h7-14H,5-6,15-16H2,1-4H3/q+1. The first kappa shape index (κ1) is 16.4. The van der Waals surface area contributed by atoms with E-state index in [2.05, 4.69) is 76.2 Å². The predicted molar refractivity (Wildman–Crippen MR) is 108 cm³/mol. The van der Waals surface area contributed by atoms with Crippen molar-refractivity contribution < 1.29 is 4.48 Å². The minimum Gasteiger partial charge on any atom is -0.317 e. The predicted octanol–water partition coefficient (Wildman–Crippen LogP) is 5.99. The van der Waals surface area contributed by atoms with Crippen molar-refractivity contribution in [2.24, 2.45) is 0 Å². The molecule has 0 bridgehead atoms. The van der Waals surface area contributed by atoms with E-state index in [9.17, 15) is 0 Å². The quantitative estimate of drug-likeness (QED) is 0.517. The Balaban J connectivity index is 2.02. The molecule has 3 aromatic rings. The molecule has 128 valence electrons. The summed E-state index contributed by atoms with van der Waals surface area (Å²) in [6.45, 7) is 13.8. The minimum atomic E-state index is 1.16. The van der Waals surface area contributed by atoms with Crippen LogP contribution in [0.25, 0.3) is 21.9 Å². The Labute approximate surface area is 151 Å². The van der Waals surface area contributed by atoms with Gasteiger partial charge in [-0.25, -0.2) is 0 Å². The normalized spacial score (nSPS) is 15.5. The van der Waals surface area contributed by atoms with Crippen molar-refractivity contribution >= 4 is 10.8 Å². The average molecular weight is 330 g/mol. The molecule has 0 unspecified atom stereocenters. The summed E-state index contributed by atoms with van der Waals surface area (Å²) in [4.78, 5) is 0. The Morgan fingerprint density at radius 3 is 2.16 bits per heavy atom. The molecule has 0 aliphatic carbocycles. The first-order valence-electron chi connectivity index (χ1n) is 9.52. The lowest BCUT2D eigenvalue weighted by Gasteiger charge is -2.31. The van der Waals surface area contributed by atoms with Gasteiger partial charge in [-0.2, -0.15) is 0 Å². The molecular formula is C24H28N+. The van der Waals surface area contributed by atoms with Crippen molar-refractivity contribution in [2.45, 2.75) is 40.8 Å². The summed E-state index contributed by atoms with van der Waals surface area (Å²) in [7, 11) is 0. The molecule has 1 heterocycles. The van der Waals surface area contributed by atoms with Crippen molar-refractivity contribution in [1.29, 1.82) is 0 Å². The van der Waals surface area contributed by atoms with Crippen LogP contribution in [0.15, 0.2) is 48.5 Å². The molecule has 1 heteroatoms. The summed E-state index contributed by atoms with van der Waals surface area (Å²) in [5.41, 5.74) is 8.62. The number of hydrogen-bond donors (Lipinski definition) is 0. The molecular weight excluding hydrogens is 302 g/mol. The third-order valence-corrected chi connectivity index (χ3v) is 6.18. The van der Waals surface area contributed by atoms with Gasteiger partial charge in [0.15, 0.2) is 0 Å². The lowest BCUT2D eigenvalue weighted by molar-refractivity contribution is -0.944. The van der Waals surface area contributed by atoms with Crippen LogP contribution in [0.2, 0.25) is 0 Å². The maximum absolute atomic E-state index is 2.45. The highest BCUT2D eigenvalue weighted by Crippen LogP contribution is 2.41. The molecule has 1 nitrogen and oxygen atoms in total. The zero-order valence-corrected chi connectivity index (χ0v) is 15.9. The van der Waals surface area contributed by atoms with Gasteiger partial charge in [-0.15, -0.1) is 0 Å². The lowest BCUT2D eigenvalue weighted by atomic mass is 9.90. The van der Waals surface area contributed by atoms with E-state index in [0.29, 0.717) is 0 Å². The summed E-state index contributed by atoms with van der Waals surface area (Å²) < 4.78 is 1.18. The number of quaternary nitrogens is 1. The number of benzene rings is 3. The highest BCUT2D eigenvalue weighted by atomic mass is 15.4. The molecule has 4 rings (SSSR count). The summed E-state index contributed by atoms with van der Waals surface area (Å²) in [6.07, 6.45) is 0. The van der Waals surface area contributed by atoms with Gasteiger partial charge in [0.2, 0.25) is 0 Å². The Kier molecular flexibility index (Phi) is 3.92. The second kappa shape index (κ2) is 6.00. The second-order valence-electron chi connectivity index (χ2n) is 7.77. The van der Waals surface area contributed by atoms with E-state index in [1.54, 1.807) is 11.1 Å². The zero-order chi connectivity index (χ0) is 17.6. The maximum Gasteiger partial charge on any atom is 0.106 e. The van der Waals surface area contributed by atoms with Gasteiger partial charge in [0.25, 0.3) is 0 Å². The first-order valence-corrected chi connectivity index (χ1v) is 9.52. The van der Waals surface area contributed by atoms with Crippen LogP contribution in [-0.2, 0) is 13.1 Å². The molecule has 1 aliphatic heterocycles. The van der Waals surface area contributed by atoms with Gasteiger partial charge in [0, 0.05) is 11.1 Å². The van der Waals surface area contributed by atoms with Crippen LogP contribution in [-0.4, -0.2) is 17.6 Å². The fourth-order valence-corrected chi connectivity index (χ4v) is 4.41. The topological polar surface area (TPSA) is 0 Å². The lowest BCUT2D eigenvalue weighted by Crippen LogP contribution is -2.42. The van der Waals surface area contributed by atoms with Crippen LogP contribution >= 0.6 is 0 Å². The van der Waals surface area contributed by atoms with E-state index in [0.717, 1.165) is 6.54 Å². The van der Waals surface area contributed by atoms with Gasteiger partial charge >= 0.3 is 0 Å². The summed E-state index contributed by atoms with van der Waals surface area (Å²) in [5.74, 6) is 0. The van der Waals surface area contributed by atoms with E-state index < -0.39 is 0 Å². The minimum absolute atomic E-state index is 1.16. The van der Waals surface area contributed by atoms with Gasteiger partial charge in [0.1, 0.15) is 13.1 Å². The van der Waals surface area contributed by atoms with Crippen LogP contribution in [0.5, 0.6) is 0 Å². The Morgan fingerprint density at radius 1 is 0.800 bits per heavy atom. The number of nitrogens with zero attached hydrogens (tertiary/aromatic N) is 1. The van der Waals surface area contributed by atoms with E-state index in [4.69, 9.17) is 0 Å². The zero-order valence-electron chi connectivity index (χ0n) is 15.9. The second-order valence-corrected chi connectivity index (χ2v) is 7.77. The van der Waals surface area contributed by atoms with Gasteiger partial charge < -0.3 is 4.48 Å². The molecule has 0 saturated carbocycles. The number of rotatable bonds is 3. The van der Waals surface area contributed by atoms with Crippen molar-refractivity contribution in [2.75, 3.05) is 13.1 Å². The van der Waals surface area contributed by atoms with Gasteiger partial charge in [0.05, 0.1) is 13.1 Å². The average Bonchev–Trinajstić information content (AvgIpc) is 3.00. The third kappa shape index (κ3) is 2.67. The van der Waals surface area contributed by atoms with Crippen LogP contribution in [0.3, 0.4) is 0 Å². The van der Waals surface area contributed by atoms with E-state index in [-0.39, 0.29) is 0 Å². The van der Waals surface area contributed by atoms with Gasteiger partial charge in [-0.05, 0) is 55.7 Å². The summed E-state index contributed by atoms with van der Waals surface area (Å²) >= 11 is 0. The van der Waals surface area contributed by atoms with E-state index >= 15 is 0 Å². The molecule has 0 spiro atoms. The Hall–Kier alpha value is -2.12. The summed E-state index contributed by atoms with van der Waals surface area (Å²) in [6, 6.07) is 18.5. The van der Waals surface area contributed by atoms with Crippen molar-refractivity contribution in [3.05, 3.63) is 70.8 Å². The fraction of sp³-hybridized carbons (Fsp3) is 0.333. The molecule has 0 fully saturated rings. The fourth-order valence-electron chi connectivity index (χ4n) is 4.41. The molecule has 0 N–H and O–H groups in total. The first-order chi connectivity index (χ1) is 12.0. The maximum atomic E-state index is 2.45. The number of aryl methyl sites for hydroxylation is 2. The van der Waals surface area contributed by atoms with Crippen molar-refractivity contribution in [1.82, 2.24) is 0 Å². The van der Waals surface area contributed by atoms with Crippen LogP contribution in [0.1, 0.15) is 36.1 Å². The van der Waals surface area contributed by atoms with Crippen molar-refractivity contribution in [3.8, 4) is 11.1 Å². The molecule has 0 radical (unpaired) electrons. The SMILES string of the molecule is CC[N+]1(CC)Cc2cc3ccc(C)cc3c(-c3ccc(C)cc3)c2C1. The third-order valence-electron chi connectivity index (χ3n) is 6.18. The number of hydrogen-bond acceptors (Lipinski definition) is 0. The molecule has 3 aromatic carbocycles. The molecule has 0 amide bonds. The van der Waals surface area contributed by atoms with Crippen LogP contribution < -0.4 is 0 Å². The number of fused-ring (bicyclic) bond motifs is 2. The molecule has 25 heavy (non-hydrogen) atoms. The molecule has 0 saturated heterocycles. The molecule has 1 aliphatic rings. The molecule has 0 aromatic heterocycles. The van der Waals surface area contributed by atoms with E-state index in [1.807, 2.05) is 0 Å². The van der Waals surface area contributed by atoms with E-state index in [1.165, 1.54) is 57.1 Å². The van der Waals surface area contributed by atoms with Crippen LogP contribution in [0.4, 0.5) is 0 Å². The monoisotopic (exact) mass is 330 g/mol. The van der Waals surface area contributed by atoms with Crippen molar-refractivity contribution in [3.63, 3.8) is 0 Å². The van der Waals surface area contributed by atoms with Gasteiger partial charge in [-0.1, -0.05) is 53.6 Å². The largest absolute Gasteiger partial charge is 0.317 e. The smallest absolute Gasteiger partial charge is 0.106 e. The Morgan fingerprint density at radius 2 is 1.48 bits per heavy atom. The summed E-state index contributed by atoms with van der Waals surface area (Å²) in [5, 5.41) is 2.79. The van der Waals surface area contributed by atoms with Gasteiger partial charge in [-0.3, -0.25) is 0 Å². The van der Waals surface area contributed by atoms with Crippen LogP contribution in [0, 0.1) is 13.8 Å².